The molecule has 36 heavy (non-hydrogen) atoms. The number of amides is 1. The summed E-state index contributed by atoms with van der Waals surface area (Å²) in [5.41, 5.74) is 8.26. The molecule has 0 radical (unpaired) electrons. The van der Waals surface area contributed by atoms with E-state index in [1.54, 1.807) is 48.2 Å². The Balaban J connectivity index is 1.82. The van der Waals surface area contributed by atoms with Gasteiger partial charge in [-0.15, -0.1) is 5.10 Å². The van der Waals surface area contributed by atoms with E-state index in [-0.39, 0.29) is 11.4 Å². The number of nitrogens with zero attached hydrogens (tertiary/aromatic N) is 5. The van der Waals surface area contributed by atoms with Crippen molar-refractivity contribution in [2.24, 2.45) is 28.0 Å². The van der Waals surface area contributed by atoms with Gasteiger partial charge in [0.25, 0.3) is 5.91 Å². The van der Waals surface area contributed by atoms with Gasteiger partial charge >= 0.3 is 0 Å². The second-order valence-corrected chi connectivity index (χ2v) is 7.98. The monoisotopic (exact) mass is 526 g/mol. The van der Waals surface area contributed by atoms with Crippen LogP contribution in [0.4, 0.5) is 11.4 Å². The van der Waals surface area contributed by atoms with E-state index in [2.05, 4.69) is 30.8 Å². The minimum absolute atomic E-state index is 0.0833. The number of carbonyl (C=O) groups excluding carboxylic acids is 1. The molecular weight excluding hydrogens is 503 g/mol. The molecule has 186 valence electrons. The highest BCUT2D eigenvalue weighted by molar-refractivity contribution is 6.38. The fourth-order valence-electron chi connectivity index (χ4n) is 2.88. The minimum Gasteiger partial charge on any atom is -0.482 e. The summed E-state index contributed by atoms with van der Waals surface area (Å²) in [5, 5.41) is 14.5. The van der Waals surface area contributed by atoms with Crippen LogP contribution in [0.1, 0.15) is 5.69 Å². The summed E-state index contributed by atoms with van der Waals surface area (Å²) in [4.78, 5) is 20.8. The first-order chi connectivity index (χ1) is 17.3. The minimum atomic E-state index is -0.488. The van der Waals surface area contributed by atoms with Gasteiger partial charge in [-0.25, -0.2) is 0 Å². The van der Waals surface area contributed by atoms with Crippen molar-refractivity contribution in [1.29, 1.82) is 0 Å². The normalized spacial score (nSPS) is 12.6. The topological polar surface area (TPSA) is 131 Å². The molecule has 3 aromatic rings. The van der Waals surface area contributed by atoms with Crippen LogP contribution in [0.25, 0.3) is 0 Å². The fraction of sp³-hybridized carbons (Fsp3) is 0.125. The third kappa shape index (κ3) is 6.71. The fourth-order valence-corrected chi connectivity index (χ4v) is 3.38. The van der Waals surface area contributed by atoms with Gasteiger partial charge in [-0.1, -0.05) is 35.3 Å². The molecule has 1 amide bonds. The molecule has 0 unspecified atom stereocenters. The van der Waals surface area contributed by atoms with E-state index < -0.39 is 5.91 Å². The number of para-hydroxylation sites is 1. The Labute approximate surface area is 217 Å². The standard InChI is InChI=1S/C24H24Cl2N8O2/c1-28-24(35)22(27)19(14-30-23-17(25)6-4-7-18(23)26)32-16-11-10-15(29-12-16)13-31-33-20-8-5-9-21(36-3)34(20)2/h4-14,32H,27H2,1-3H3,(H,28,35)/b22-19+,30-14?,31-13+,33-20-. The molecule has 0 bridgehead atoms. The van der Waals surface area contributed by atoms with Crippen LogP contribution in [0.2, 0.25) is 10.0 Å². The first kappa shape index (κ1) is 26.5. The molecule has 0 aliphatic carbocycles. The number of benzene rings is 1. The summed E-state index contributed by atoms with van der Waals surface area (Å²) in [6, 6.07) is 13.9. The number of ether oxygens (including phenoxy) is 1. The van der Waals surface area contributed by atoms with Gasteiger partial charge < -0.3 is 21.1 Å². The molecule has 10 nitrogen and oxygen atoms in total. The summed E-state index contributed by atoms with van der Waals surface area (Å²) >= 11 is 12.4. The molecule has 4 N–H and O–H groups in total. The number of rotatable bonds is 8. The first-order valence-corrected chi connectivity index (χ1v) is 11.3. The third-order valence-corrected chi connectivity index (χ3v) is 5.42. The molecule has 0 fully saturated rings. The molecule has 0 aliphatic heterocycles. The number of aromatic nitrogens is 2. The Morgan fingerprint density at radius 1 is 1.14 bits per heavy atom. The maximum atomic E-state index is 12.1. The highest BCUT2D eigenvalue weighted by atomic mass is 35.5. The predicted molar refractivity (Wildman–Crippen MR) is 143 cm³/mol. The van der Waals surface area contributed by atoms with Crippen molar-refractivity contribution in [3.8, 4) is 5.88 Å². The second kappa shape index (κ2) is 12.5. The number of likely N-dealkylation sites (N-methyl/N-ethyl adjacent to an activating group) is 1. The molecule has 2 heterocycles. The summed E-state index contributed by atoms with van der Waals surface area (Å²) in [6.07, 6.45) is 4.44. The number of hydrogen-bond donors (Lipinski definition) is 3. The van der Waals surface area contributed by atoms with Gasteiger partial charge in [-0.3, -0.25) is 19.3 Å². The number of methoxy groups -OCH3 is 1. The number of anilines is 1. The molecule has 1 aromatic carbocycles. The number of nitrogens with one attached hydrogen (secondary N) is 2. The quantitative estimate of drug-likeness (QED) is 0.235. The van der Waals surface area contributed by atoms with Crippen molar-refractivity contribution >= 4 is 52.9 Å². The first-order valence-electron chi connectivity index (χ1n) is 10.5. The van der Waals surface area contributed by atoms with Gasteiger partial charge in [0.15, 0.2) is 11.4 Å². The SMILES string of the molecule is CNC(=O)/C(N)=C(/C=Nc1c(Cl)cccc1Cl)Nc1ccc(/C=N/N=c2/cccc(OC)n2C)nc1. The summed E-state index contributed by atoms with van der Waals surface area (Å²) in [5.74, 6) is 0.165. The Morgan fingerprint density at radius 2 is 1.86 bits per heavy atom. The molecule has 0 spiro atoms. The Bertz CT molecular complexity index is 1380. The van der Waals surface area contributed by atoms with Gasteiger partial charge in [0, 0.05) is 14.1 Å². The molecule has 2 aromatic heterocycles. The number of nitrogens with two attached hydrogens (primary N) is 1. The van der Waals surface area contributed by atoms with Crippen molar-refractivity contribution in [1.82, 2.24) is 14.9 Å². The lowest BCUT2D eigenvalue weighted by molar-refractivity contribution is -0.117. The van der Waals surface area contributed by atoms with Gasteiger partial charge in [-0.05, 0) is 36.4 Å². The van der Waals surface area contributed by atoms with E-state index in [1.165, 1.54) is 19.5 Å². The zero-order valence-corrected chi connectivity index (χ0v) is 21.2. The molecule has 0 aliphatic rings. The van der Waals surface area contributed by atoms with E-state index in [1.807, 2.05) is 25.2 Å². The van der Waals surface area contributed by atoms with Crippen LogP contribution >= 0.6 is 23.2 Å². The van der Waals surface area contributed by atoms with Crippen LogP contribution in [0.15, 0.2) is 81.3 Å². The zero-order valence-electron chi connectivity index (χ0n) is 19.7. The molecule has 0 saturated heterocycles. The predicted octanol–water partition coefficient (Wildman–Crippen LogP) is 3.40. The maximum Gasteiger partial charge on any atom is 0.269 e. The average Bonchev–Trinajstić information content (AvgIpc) is 2.88. The van der Waals surface area contributed by atoms with Crippen LogP contribution in [0.3, 0.4) is 0 Å². The number of allylic oxidation sites excluding steroid dienone is 1. The zero-order chi connectivity index (χ0) is 26.1. The molecular formula is C24H24Cl2N8O2. The number of aliphatic imine (C=N–C) groups is 1. The van der Waals surface area contributed by atoms with E-state index in [9.17, 15) is 4.79 Å². The molecule has 3 rings (SSSR count). The summed E-state index contributed by atoms with van der Waals surface area (Å²) in [6.45, 7) is 0. The molecule has 0 saturated carbocycles. The smallest absolute Gasteiger partial charge is 0.269 e. The van der Waals surface area contributed by atoms with Crippen LogP contribution in [-0.4, -0.2) is 42.0 Å². The Kier molecular flexibility index (Phi) is 9.20. The lowest BCUT2D eigenvalue weighted by Gasteiger charge is -2.11. The Morgan fingerprint density at radius 3 is 2.50 bits per heavy atom. The van der Waals surface area contributed by atoms with Crippen LogP contribution in [0, 0.1) is 0 Å². The van der Waals surface area contributed by atoms with E-state index in [0.29, 0.717) is 38.5 Å². The number of hydrogen-bond acceptors (Lipinski definition) is 8. The van der Waals surface area contributed by atoms with Crippen LogP contribution < -0.4 is 26.6 Å². The van der Waals surface area contributed by atoms with Gasteiger partial charge in [0.1, 0.15) is 11.4 Å². The van der Waals surface area contributed by atoms with Crippen molar-refractivity contribution in [2.75, 3.05) is 19.5 Å². The van der Waals surface area contributed by atoms with Gasteiger partial charge in [0.05, 0.1) is 52.9 Å². The maximum absolute atomic E-state index is 12.1. The average molecular weight is 527 g/mol. The second-order valence-electron chi connectivity index (χ2n) is 7.16. The van der Waals surface area contributed by atoms with Crippen molar-refractivity contribution in [3.05, 3.63) is 87.3 Å². The number of carbonyl (C=O) groups is 1. The highest BCUT2D eigenvalue weighted by Gasteiger charge is 2.11. The van der Waals surface area contributed by atoms with E-state index in [0.717, 1.165) is 0 Å². The summed E-state index contributed by atoms with van der Waals surface area (Å²) < 4.78 is 7.02. The summed E-state index contributed by atoms with van der Waals surface area (Å²) in [7, 11) is 4.88. The number of pyridine rings is 2. The largest absolute Gasteiger partial charge is 0.482 e. The van der Waals surface area contributed by atoms with Crippen molar-refractivity contribution in [3.63, 3.8) is 0 Å². The number of halogens is 2. The van der Waals surface area contributed by atoms with E-state index in [4.69, 9.17) is 33.7 Å². The van der Waals surface area contributed by atoms with Crippen molar-refractivity contribution < 1.29 is 9.53 Å². The Hall–Kier alpha value is -4.15. The van der Waals surface area contributed by atoms with Crippen LogP contribution in [-0.2, 0) is 11.8 Å². The molecule has 0 atom stereocenters. The van der Waals surface area contributed by atoms with Crippen LogP contribution in [0.5, 0.6) is 5.88 Å². The van der Waals surface area contributed by atoms with Gasteiger partial charge in [0.2, 0.25) is 0 Å². The lowest BCUT2D eigenvalue weighted by atomic mass is 10.2. The van der Waals surface area contributed by atoms with Crippen molar-refractivity contribution in [2.45, 2.75) is 0 Å². The molecule has 12 heteroatoms. The van der Waals surface area contributed by atoms with Gasteiger partial charge in [-0.2, -0.15) is 5.10 Å². The third-order valence-electron chi connectivity index (χ3n) is 4.81. The lowest BCUT2D eigenvalue weighted by Crippen LogP contribution is -2.28. The highest BCUT2D eigenvalue weighted by Crippen LogP contribution is 2.32. The van der Waals surface area contributed by atoms with E-state index >= 15 is 0 Å².